The molecule has 0 aliphatic rings. The third-order valence-corrected chi connectivity index (χ3v) is 3.58. The van der Waals surface area contributed by atoms with Gasteiger partial charge in [-0.15, -0.1) is 0 Å². The summed E-state index contributed by atoms with van der Waals surface area (Å²) in [5, 5.41) is 3.29. The average molecular weight is 303 g/mol. The summed E-state index contributed by atoms with van der Waals surface area (Å²) in [5.74, 6) is -0.164. The van der Waals surface area contributed by atoms with Crippen LogP contribution in [0.3, 0.4) is 0 Å². The molecule has 4 heteroatoms. The predicted octanol–water partition coefficient (Wildman–Crippen LogP) is 3.02. The molecule has 0 spiro atoms. The van der Waals surface area contributed by atoms with Gasteiger partial charge in [0.25, 0.3) is 0 Å². The number of likely N-dealkylation sites (N-methyl/N-ethyl adjacent to an activating group) is 1. The van der Waals surface area contributed by atoms with Gasteiger partial charge < -0.3 is 10.2 Å². The second-order valence-electron chi connectivity index (χ2n) is 5.05. The van der Waals surface area contributed by atoms with Crippen molar-refractivity contribution in [3.05, 3.63) is 34.1 Å². The highest BCUT2D eigenvalue weighted by molar-refractivity contribution is 9.10. The molecule has 2 nitrogen and oxygen atoms in total. The van der Waals surface area contributed by atoms with E-state index in [0.717, 1.165) is 11.0 Å². The van der Waals surface area contributed by atoms with Crippen LogP contribution in [0, 0.1) is 5.82 Å². The second kappa shape index (κ2) is 5.94. The Morgan fingerprint density at radius 3 is 2.59 bits per heavy atom. The summed E-state index contributed by atoms with van der Waals surface area (Å²) >= 11 is 3.35. The maximum Gasteiger partial charge on any atom is 0.127 e. The van der Waals surface area contributed by atoms with Gasteiger partial charge in [0, 0.05) is 28.7 Å². The van der Waals surface area contributed by atoms with Crippen molar-refractivity contribution in [3.63, 3.8) is 0 Å². The molecule has 0 aromatic heterocycles. The maximum atomic E-state index is 13.5. The summed E-state index contributed by atoms with van der Waals surface area (Å²) in [6.07, 6.45) is 0. The molecule has 0 saturated heterocycles. The molecule has 96 valence electrons. The molecule has 0 saturated carbocycles. The number of nitrogens with zero attached hydrogens (tertiary/aromatic N) is 1. The standard InChI is InChI=1S/C13H20BrFN2/c1-13(2,17(3)4)9-16-8-10-7-11(14)5-6-12(10)15/h5-7,16H,8-9H2,1-4H3. The van der Waals surface area contributed by atoms with Gasteiger partial charge in [-0.05, 0) is 46.1 Å². The van der Waals surface area contributed by atoms with Crippen LogP contribution < -0.4 is 5.32 Å². The van der Waals surface area contributed by atoms with Crippen molar-refractivity contribution in [1.29, 1.82) is 0 Å². The van der Waals surface area contributed by atoms with Crippen LogP contribution in [-0.2, 0) is 6.54 Å². The molecule has 0 aliphatic carbocycles. The van der Waals surface area contributed by atoms with Gasteiger partial charge in [0.1, 0.15) is 5.82 Å². The molecular weight excluding hydrogens is 283 g/mol. The Kier molecular flexibility index (Phi) is 5.10. The topological polar surface area (TPSA) is 15.3 Å². The van der Waals surface area contributed by atoms with Crippen molar-refractivity contribution in [2.75, 3.05) is 20.6 Å². The Labute approximate surface area is 111 Å². The highest BCUT2D eigenvalue weighted by Crippen LogP contribution is 2.15. The van der Waals surface area contributed by atoms with Gasteiger partial charge >= 0.3 is 0 Å². The van der Waals surface area contributed by atoms with E-state index in [0.29, 0.717) is 12.1 Å². The summed E-state index contributed by atoms with van der Waals surface area (Å²) in [7, 11) is 4.09. The van der Waals surface area contributed by atoms with E-state index in [1.54, 1.807) is 6.07 Å². The van der Waals surface area contributed by atoms with Gasteiger partial charge in [-0.3, -0.25) is 0 Å². The lowest BCUT2D eigenvalue weighted by Gasteiger charge is -2.32. The van der Waals surface area contributed by atoms with Crippen LogP contribution in [0.2, 0.25) is 0 Å². The Hall–Kier alpha value is -0.450. The van der Waals surface area contributed by atoms with Crippen molar-refractivity contribution in [3.8, 4) is 0 Å². The van der Waals surface area contributed by atoms with Gasteiger partial charge in [0.15, 0.2) is 0 Å². The van der Waals surface area contributed by atoms with Crippen molar-refractivity contribution in [2.24, 2.45) is 0 Å². The Bertz CT molecular complexity index is 378. The number of halogens is 2. The molecule has 0 amide bonds. The van der Waals surface area contributed by atoms with Crippen LogP contribution in [0.4, 0.5) is 4.39 Å². The first-order chi connectivity index (χ1) is 7.83. The van der Waals surface area contributed by atoms with E-state index in [1.807, 2.05) is 20.2 Å². The molecule has 1 aromatic rings. The third-order valence-electron chi connectivity index (χ3n) is 3.09. The highest BCUT2D eigenvalue weighted by Gasteiger charge is 2.19. The fourth-order valence-corrected chi connectivity index (χ4v) is 1.75. The first kappa shape index (κ1) is 14.6. The van der Waals surface area contributed by atoms with Gasteiger partial charge in [0.05, 0.1) is 0 Å². The molecule has 0 radical (unpaired) electrons. The molecule has 1 N–H and O–H groups in total. The molecule has 0 atom stereocenters. The molecule has 0 unspecified atom stereocenters. The average Bonchev–Trinajstić information content (AvgIpc) is 2.22. The summed E-state index contributed by atoms with van der Waals surface area (Å²) in [5.41, 5.74) is 0.747. The fourth-order valence-electron chi connectivity index (χ4n) is 1.34. The van der Waals surface area contributed by atoms with Gasteiger partial charge in [-0.2, -0.15) is 0 Å². The molecule has 0 bridgehead atoms. The van der Waals surface area contributed by atoms with E-state index in [9.17, 15) is 4.39 Å². The Morgan fingerprint density at radius 2 is 2.00 bits per heavy atom. The molecule has 0 heterocycles. The summed E-state index contributed by atoms with van der Waals surface area (Å²) in [6.45, 7) is 5.66. The quantitative estimate of drug-likeness (QED) is 0.899. The third kappa shape index (κ3) is 4.37. The number of rotatable bonds is 5. The van der Waals surface area contributed by atoms with Crippen LogP contribution in [0.5, 0.6) is 0 Å². The fraction of sp³-hybridized carbons (Fsp3) is 0.538. The largest absolute Gasteiger partial charge is 0.311 e. The Balaban J connectivity index is 2.54. The highest BCUT2D eigenvalue weighted by atomic mass is 79.9. The maximum absolute atomic E-state index is 13.5. The number of hydrogen-bond acceptors (Lipinski definition) is 2. The minimum Gasteiger partial charge on any atom is -0.311 e. The smallest absolute Gasteiger partial charge is 0.127 e. The van der Waals surface area contributed by atoms with Crippen molar-refractivity contribution >= 4 is 15.9 Å². The van der Waals surface area contributed by atoms with Crippen molar-refractivity contribution in [2.45, 2.75) is 25.9 Å². The van der Waals surface area contributed by atoms with Crippen LogP contribution in [0.25, 0.3) is 0 Å². The lowest BCUT2D eigenvalue weighted by Crippen LogP contribution is -2.46. The van der Waals surface area contributed by atoms with E-state index in [1.165, 1.54) is 6.07 Å². The Morgan fingerprint density at radius 1 is 1.35 bits per heavy atom. The van der Waals surface area contributed by atoms with E-state index in [4.69, 9.17) is 0 Å². The van der Waals surface area contributed by atoms with Crippen molar-refractivity contribution < 1.29 is 4.39 Å². The molecular formula is C13H20BrFN2. The lowest BCUT2D eigenvalue weighted by molar-refractivity contribution is 0.189. The van der Waals surface area contributed by atoms with Gasteiger partial charge in [-0.25, -0.2) is 4.39 Å². The summed E-state index contributed by atoms with van der Waals surface area (Å²) in [6, 6.07) is 5.01. The molecule has 1 rings (SSSR count). The number of nitrogens with one attached hydrogen (secondary N) is 1. The van der Waals surface area contributed by atoms with Gasteiger partial charge in [-0.1, -0.05) is 15.9 Å². The van der Waals surface area contributed by atoms with Crippen LogP contribution in [0.15, 0.2) is 22.7 Å². The van der Waals surface area contributed by atoms with Gasteiger partial charge in [0.2, 0.25) is 0 Å². The van der Waals surface area contributed by atoms with E-state index < -0.39 is 0 Å². The van der Waals surface area contributed by atoms with E-state index in [-0.39, 0.29) is 11.4 Å². The first-order valence-electron chi connectivity index (χ1n) is 5.65. The van der Waals surface area contributed by atoms with Crippen LogP contribution >= 0.6 is 15.9 Å². The second-order valence-corrected chi connectivity index (χ2v) is 5.96. The van der Waals surface area contributed by atoms with Crippen molar-refractivity contribution in [1.82, 2.24) is 10.2 Å². The first-order valence-corrected chi connectivity index (χ1v) is 6.44. The number of hydrogen-bond donors (Lipinski definition) is 1. The minimum atomic E-state index is -0.164. The lowest BCUT2D eigenvalue weighted by atomic mass is 10.0. The SMILES string of the molecule is CN(C)C(C)(C)CNCc1cc(Br)ccc1F. The molecule has 0 fully saturated rings. The minimum absolute atomic E-state index is 0.0580. The van der Waals surface area contributed by atoms with Crippen LogP contribution in [0.1, 0.15) is 19.4 Å². The zero-order valence-corrected chi connectivity index (χ0v) is 12.4. The zero-order chi connectivity index (χ0) is 13.1. The summed E-state index contributed by atoms with van der Waals surface area (Å²) < 4.78 is 14.4. The predicted molar refractivity (Wildman–Crippen MR) is 73.6 cm³/mol. The zero-order valence-electron chi connectivity index (χ0n) is 10.8. The summed E-state index contributed by atoms with van der Waals surface area (Å²) in [4.78, 5) is 2.15. The van der Waals surface area contributed by atoms with E-state index >= 15 is 0 Å². The van der Waals surface area contributed by atoms with E-state index in [2.05, 4.69) is 40.0 Å². The normalized spacial score (nSPS) is 12.2. The number of benzene rings is 1. The molecule has 1 aromatic carbocycles. The monoisotopic (exact) mass is 302 g/mol. The molecule has 0 aliphatic heterocycles. The van der Waals surface area contributed by atoms with Crippen LogP contribution in [-0.4, -0.2) is 31.1 Å². The molecule has 17 heavy (non-hydrogen) atoms.